The van der Waals surface area contributed by atoms with E-state index < -0.39 is 30.6 Å². The third kappa shape index (κ3) is 6.51. The Morgan fingerprint density at radius 1 is 1.00 bits per heavy atom. The van der Waals surface area contributed by atoms with Crippen LogP contribution in [0.5, 0.6) is 0 Å². The van der Waals surface area contributed by atoms with E-state index in [2.05, 4.69) is 15.6 Å². The minimum Gasteiger partial charge on any atom is -0.454 e. The molecule has 1 heterocycles. The van der Waals surface area contributed by atoms with Crippen molar-refractivity contribution in [3.63, 3.8) is 0 Å². The molecule has 31 heavy (non-hydrogen) atoms. The van der Waals surface area contributed by atoms with Crippen molar-refractivity contribution in [2.45, 2.75) is 26.5 Å². The number of rotatable bonds is 8. The van der Waals surface area contributed by atoms with Crippen molar-refractivity contribution in [3.05, 3.63) is 60.2 Å². The standard InChI is InChI=1S/C22H23N3O5S/c1-14(2)19(25-22(28)30-12-15-8-4-3-5-9-15)20(27)29-13-18(26)24-21-23-16-10-6-7-11-17(16)31-21/h3-11,14,19H,12-13H2,1-2H3,(H,25,28)(H,23,24,26)/t19-/m1/s1. The van der Waals surface area contributed by atoms with Gasteiger partial charge in [-0.25, -0.2) is 14.6 Å². The number of alkyl carbamates (subject to hydrolysis) is 1. The third-order valence-electron chi connectivity index (χ3n) is 4.29. The lowest BCUT2D eigenvalue weighted by atomic mass is 10.1. The zero-order valence-corrected chi connectivity index (χ0v) is 18.0. The number of esters is 1. The van der Waals surface area contributed by atoms with Crippen LogP contribution >= 0.6 is 11.3 Å². The molecule has 3 aromatic rings. The molecule has 3 rings (SSSR count). The summed E-state index contributed by atoms with van der Waals surface area (Å²) in [6.45, 7) is 3.10. The molecule has 0 aliphatic heterocycles. The molecule has 0 saturated heterocycles. The Morgan fingerprint density at radius 2 is 1.71 bits per heavy atom. The molecule has 0 saturated carbocycles. The van der Waals surface area contributed by atoms with E-state index in [4.69, 9.17) is 9.47 Å². The minimum atomic E-state index is -0.946. The quantitative estimate of drug-likeness (QED) is 0.516. The highest BCUT2D eigenvalue weighted by molar-refractivity contribution is 7.22. The van der Waals surface area contributed by atoms with E-state index in [0.717, 1.165) is 15.8 Å². The molecule has 162 valence electrons. The van der Waals surface area contributed by atoms with Gasteiger partial charge in [0.25, 0.3) is 5.91 Å². The second-order valence-corrected chi connectivity index (χ2v) is 8.10. The van der Waals surface area contributed by atoms with Gasteiger partial charge in [-0.3, -0.25) is 10.1 Å². The summed E-state index contributed by atoms with van der Waals surface area (Å²) < 4.78 is 11.2. The van der Waals surface area contributed by atoms with Crippen LogP contribution in [0.15, 0.2) is 54.6 Å². The summed E-state index contributed by atoms with van der Waals surface area (Å²) in [7, 11) is 0. The largest absolute Gasteiger partial charge is 0.454 e. The van der Waals surface area contributed by atoms with E-state index in [1.807, 2.05) is 54.6 Å². The first-order chi connectivity index (χ1) is 14.9. The number of benzene rings is 2. The molecule has 0 fully saturated rings. The molecule has 0 aliphatic carbocycles. The Balaban J connectivity index is 1.47. The fourth-order valence-electron chi connectivity index (χ4n) is 2.70. The van der Waals surface area contributed by atoms with Crippen molar-refractivity contribution < 1.29 is 23.9 Å². The van der Waals surface area contributed by atoms with Gasteiger partial charge in [-0.05, 0) is 23.6 Å². The first-order valence-electron chi connectivity index (χ1n) is 9.71. The van der Waals surface area contributed by atoms with Gasteiger partial charge in [0.15, 0.2) is 11.7 Å². The molecule has 1 aromatic heterocycles. The number of thiazole rings is 1. The van der Waals surface area contributed by atoms with Crippen molar-refractivity contribution in [2.75, 3.05) is 11.9 Å². The molecule has 0 bridgehead atoms. The van der Waals surface area contributed by atoms with Crippen molar-refractivity contribution in [1.29, 1.82) is 0 Å². The number of amides is 2. The minimum absolute atomic E-state index is 0.0805. The third-order valence-corrected chi connectivity index (χ3v) is 5.24. The molecular formula is C22H23N3O5S. The summed E-state index contributed by atoms with van der Waals surface area (Å²) >= 11 is 1.33. The van der Waals surface area contributed by atoms with Crippen LogP contribution in [0.3, 0.4) is 0 Å². The van der Waals surface area contributed by atoms with E-state index in [-0.39, 0.29) is 12.5 Å². The molecule has 0 unspecified atom stereocenters. The van der Waals surface area contributed by atoms with Crippen LogP contribution in [0.4, 0.5) is 9.93 Å². The predicted octanol–water partition coefficient (Wildman–Crippen LogP) is 3.73. The highest BCUT2D eigenvalue weighted by Crippen LogP contribution is 2.25. The predicted molar refractivity (Wildman–Crippen MR) is 118 cm³/mol. The van der Waals surface area contributed by atoms with Crippen LogP contribution in [0.2, 0.25) is 0 Å². The average Bonchev–Trinajstić information content (AvgIpc) is 3.17. The Bertz CT molecular complexity index is 1020. The Hall–Kier alpha value is -3.46. The van der Waals surface area contributed by atoms with E-state index in [1.54, 1.807) is 13.8 Å². The van der Waals surface area contributed by atoms with Crippen LogP contribution < -0.4 is 10.6 Å². The molecule has 2 amide bonds. The first kappa shape index (κ1) is 22.2. The van der Waals surface area contributed by atoms with Crippen molar-refractivity contribution in [3.8, 4) is 0 Å². The summed E-state index contributed by atoms with van der Waals surface area (Å²) in [5, 5.41) is 5.53. The van der Waals surface area contributed by atoms with Gasteiger partial charge in [0.05, 0.1) is 10.2 Å². The lowest BCUT2D eigenvalue weighted by Gasteiger charge is -2.20. The van der Waals surface area contributed by atoms with Gasteiger partial charge < -0.3 is 14.8 Å². The second kappa shape index (κ2) is 10.5. The van der Waals surface area contributed by atoms with Crippen molar-refractivity contribution >= 4 is 44.7 Å². The molecule has 8 nitrogen and oxygen atoms in total. The van der Waals surface area contributed by atoms with Crippen molar-refractivity contribution in [2.24, 2.45) is 5.92 Å². The van der Waals surface area contributed by atoms with Crippen LogP contribution in [0, 0.1) is 5.92 Å². The van der Waals surface area contributed by atoms with Gasteiger partial charge in [-0.2, -0.15) is 0 Å². The zero-order chi connectivity index (χ0) is 22.2. The number of aromatic nitrogens is 1. The molecule has 0 aliphatic rings. The molecule has 0 radical (unpaired) electrons. The average molecular weight is 442 g/mol. The summed E-state index contributed by atoms with van der Waals surface area (Å²) in [5.74, 6) is -1.49. The molecule has 2 aromatic carbocycles. The zero-order valence-electron chi connectivity index (χ0n) is 17.2. The number of ether oxygens (including phenoxy) is 2. The van der Waals surface area contributed by atoms with E-state index >= 15 is 0 Å². The van der Waals surface area contributed by atoms with Gasteiger partial charge in [0, 0.05) is 0 Å². The van der Waals surface area contributed by atoms with Gasteiger partial charge in [-0.1, -0.05) is 67.6 Å². The van der Waals surface area contributed by atoms with E-state index in [1.165, 1.54) is 11.3 Å². The van der Waals surface area contributed by atoms with Crippen LogP contribution in [0.25, 0.3) is 10.2 Å². The maximum absolute atomic E-state index is 12.4. The number of para-hydroxylation sites is 1. The van der Waals surface area contributed by atoms with E-state index in [0.29, 0.717) is 5.13 Å². The highest BCUT2D eigenvalue weighted by Gasteiger charge is 2.27. The Kier molecular flexibility index (Phi) is 7.55. The fraction of sp³-hybridized carbons (Fsp3) is 0.273. The number of nitrogens with zero attached hydrogens (tertiary/aromatic N) is 1. The molecule has 0 spiro atoms. The lowest BCUT2D eigenvalue weighted by molar-refractivity contribution is -0.150. The Morgan fingerprint density at radius 3 is 2.42 bits per heavy atom. The lowest BCUT2D eigenvalue weighted by Crippen LogP contribution is -2.46. The fourth-order valence-corrected chi connectivity index (χ4v) is 3.58. The maximum atomic E-state index is 12.4. The number of fused-ring (bicyclic) bond motifs is 1. The number of hydrogen-bond acceptors (Lipinski definition) is 7. The summed E-state index contributed by atoms with van der Waals surface area (Å²) in [6.07, 6.45) is -0.738. The highest BCUT2D eigenvalue weighted by atomic mass is 32.1. The molecular weight excluding hydrogens is 418 g/mol. The van der Waals surface area contributed by atoms with Gasteiger partial charge in [0.2, 0.25) is 0 Å². The number of hydrogen-bond donors (Lipinski definition) is 2. The van der Waals surface area contributed by atoms with Crippen LogP contribution in [0.1, 0.15) is 19.4 Å². The SMILES string of the molecule is CC(C)[C@@H](NC(=O)OCc1ccccc1)C(=O)OCC(=O)Nc1nc2ccccc2s1. The van der Waals surface area contributed by atoms with Crippen LogP contribution in [-0.4, -0.2) is 35.6 Å². The van der Waals surface area contributed by atoms with Gasteiger partial charge in [0.1, 0.15) is 12.6 Å². The molecule has 1 atom stereocenters. The maximum Gasteiger partial charge on any atom is 0.408 e. The molecule has 9 heteroatoms. The number of anilines is 1. The number of carbonyl (C=O) groups is 3. The number of carbonyl (C=O) groups excluding carboxylic acids is 3. The second-order valence-electron chi connectivity index (χ2n) is 7.07. The van der Waals surface area contributed by atoms with Crippen molar-refractivity contribution in [1.82, 2.24) is 10.3 Å². The number of nitrogens with one attached hydrogen (secondary N) is 2. The van der Waals surface area contributed by atoms with E-state index in [9.17, 15) is 14.4 Å². The van der Waals surface area contributed by atoms with Gasteiger partial charge >= 0.3 is 12.1 Å². The van der Waals surface area contributed by atoms with Crippen LogP contribution in [-0.2, 0) is 25.7 Å². The summed E-state index contributed by atoms with van der Waals surface area (Å²) in [6, 6.07) is 15.7. The normalized spacial score (nSPS) is 11.7. The summed E-state index contributed by atoms with van der Waals surface area (Å²) in [5.41, 5.74) is 1.60. The summed E-state index contributed by atoms with van der Waals surface area (Å²) in [4.78, 5) is 40.9. The van der Waals surface area contributed by atoms with Gasteiger partial charge in [-0.15, -0.1) is 0 Å². The first-order valence-corrected chi connectivity index (χ1v) is 10.5. The smallest absolute Gasteiger partial charge is 0.408 e. The Labute approximate surface area is 183 Å². The topological polar surface area (TPSA) is 107 Å². The molecule has 2 N–H and O–H groups in total. The monoisotopic (exact) mass is 441 g/mol.